The van der Waals surface area contributed by atoms with Crippen LogP contribution in [0.25, 0.3) is 113 Å². The lowest BCUT2D eigenvalue weighted by Gasteiger charge is -2.17. The summed E-state index contributed by atoms with van der Waals surface area (Å²) in [5.41, 5.74) is 16.4. The molecule has 0 saturated heterocycles. The van der Waals surface area contributed by atoms with Gasteiger partial charge < -0.3 is 0 Å². The van der Waals surface area contributed by atoms with Crippen molar-refractivity contribution in [3.63, 3.8) is 0 Å². The van der Waals surface area contributed by atoms with Gasteiger partial charge in [-0.3, -0.25) is 9.97 Å². The minimum absolute atomic E-state index is 0.582. The number of aryl methyl sites for hydroxylation is 1. The molecule has 0 unspecified atom stereocenters. The molecule has 0 amide bonds. The molecular weight excluding hydrogens is 819 g/mol. The van der Waals surface area contributed by atoms with Gasteiger partial charge in [-0.05, 0) is 88.8 Å². The van der Waals surface area contributed by atoms with E-state index in [0.717, 1.165) is 95.1 Å². The fourth-order valence-electron chi connectivity index (χ4n) is 8.43. The van der Waals surface area contributed by atoms with Crippen molar-refractivity contribution in [1.82, 2.24) is 34.9 Å². The number of aromatic nitrogens is 7. The van der Waals surface area contributed by atoms with Crippen LogP contribution in [0.3, 0.4) is 0 Å². The minimum atomic E-state index is 0.582. The molecule has 7 aromatic carbocycles. The van der Waals surface area contributed by atoms with Gasteiger partial charge in [-0.1, -0.05) is 170 Å². The molecule has 7 heteroatoms. The summed E-state index contributed by atoms with van der Waals surface area (Å²) in [4.78, 5) is 34.9. The van der Waals surface area contributed by atoms with Crippen molar-refractivity contribution < 1.29 is 0 Å². The van der Waals surface area contributed by atoms with Crippen LogP contribution >= 0.6 is 0 Å². The van der Waals surface area contributed by atoms with E-state index in [4.69, 9.17) is 29.9 Å². The van der Waals surface area contributed by atoms with Gasteiger partial charge in [0.1, 0.15) is 0 Å². The Kier molecular flexibility index (Phi) is 11.1. The van der Waals surface area contributed by atoms with Crippen molar-refractivity contribution in [3.05, 3.63) is 236 Å². The SMILES string of the molecule is Cc1cccc(-c2ccc(-c3cccc(-c4nc(-c5ccccc5)nc(-c5cccc(-c6ccncc6)c5)n4)c3)cc2-c2ccccc2-c2cc(-c3ccccc3)nc(-c3ccccc3)n2)n1. The van der Waals surface area contributed by atoms with Crippen LogP contribution in [-0.2, 0) is 0 Å². The fourth-order valence-corrected chi connectivity index (χ4v) is 8.43. The molecule has 0 aliphatic carbocycles. The Morgan fingerprint density at radius 1 is 0.239 bits per heavy atom. The third kappa shape index (κ3) is 8.65. The van der Waals surface area contributed by atoms with E-state index < -0.39 is 0 Å². The first-order valence-electron chi connectivity index (χ1n) is 22.2. The summed E-state index contributed by atoms with van der Waals surface area (Å²) in [6.07, 6.45) is 3.61. The molecule has 316 valence electrons. The third-order valence-electron chi connectivity index (χ3n) is 11.8. The molecule has 11 aromatic rings. The second kappa shape index (κ2) is 18.2. The molecule has 0 saturated carbocycles. The third-order valence-corrected chi connectivity index (χ3v) is 11.8. The molecule has 0 fully saturated rings. The van der Waals surface area contributed by atoms with Gasteiger partial charge >= 0.3 is 0 Å². The summed E-state index contributed by atoms with van der Waals surface area (Å²) < 4.78 is 0. The van der Waals surface area contributed by atoms with Crippen molar-refractivity contribution >= 4 is 0 Å². The summed E-state index contributed by atoms with van der Waals surface area (Å²) in [5, 5.41) is 0. The number of pyridine rings is 2. The first kappa shape index (κ1) is 40.7. The molecule has 4 aromatic heterocycles. The predicted octanol–water partition coefficient (Wildman–Crippen LogP) is 14.4. The monoisotopic (exact) mass is 859 g/mol. The Balaban J connectivity index is 1.05. The summed E-state index contributed by atoms with van der Waals surface area (Å²) >= 11 is 0. The Bertz CT molecular complexity index is 3470. The largest absolute Gasteiger partial charge is 0.265 e. The van der Waals surface area contributed by atoms with E-state index in [1.807, 2.05) is 104 Å². The maximum atomic E-state index is 5.26. The number of nitrogens with zero attached hydrogens (tertiary/aromatic N) is 7. The highest BCUT2D eigenvalue weighted by Gasteiger charge is 2.19. The van der Waals surface area contributed by atoms with Gasteiger partial charge in [-0.15, -0.1) is 0 Å². The smallest absolute Gasteiger partial charge is 0.164 e. The van der Waals surface area contributed by atoms with Crippen molar-refractivity contribution in [1.29, 1.82) is 0 Å². The van der Waals surface area contributed by atoms with Gasteiger partial charge in [0, 0.05) is 57.0 Å². The van der Waals surface area contributed by atoms with Crippen LogP contribution in [0.1, 0.15) is 5.69 Å². The van der Waals surface area contributed by atoms with Crippen LogP contribution in [0.15, 0.2) is 231 Å². The fraction of sp³-hybridized carbons (Fsp3) is 0.0167. The van der Waals surface area contributed by atoms with Crippen molar-refractivity contribution in [2.24, 2.45) is 0 Å². The van der Waals surface area contributed by atoms with Gasteiger partial charge in [0.2, 0.25) is 0 Å². The maximum Gasteiger partial charge on any atom is 0.164 e. The second-order valence-electron chi connectivity index (χ2n) is 16.2. The van der Waals surface area contributed by atoms with E-state index >= 15 is 0 Å². The molecule has 0 bridgehead atoms. The van der Waals surface area contributed by atoms with Gasteiger partial charge in [0.25, 0.3) is 0 Å². The summed E-state index contributed by atoms with van der Waals surface area (Å²) in [5.74, 6) is 2.44. The van der Waals surface area contributed by atoms with E-state index in [1.165, 1.54) is 0 Å². The van der Waals surface area contributed by atoms with Crippen LogP contribution < -0.4 is 0 Å². The molecule has 0 N–H and O–H groups in total. The molecule has 0 aliphatic rings. The Labute approximate surface area is 389 Å². The van der Waals surface area contributed by atoms with Crippen molar-refractivity contribution in [2.45, 2.75) is 6.92 Å². The molecule has 11 rings (SSSR count). The number of rotatable bonds is 10. The van der Waals surface area contributed by atoms with Crippen LogP contribution in [0.5, 0.6) is 0 Å². The Morgan fingerprint density at radius 3 is 1.33 bits per heavy atom. The molecule has 0 aliphatic heterocycles. The first-order chi connectivity index (χ1) is 33.1. The van der Waals surface area contributed by atoms with Crippen molar-refractivity contribution in [3.8, 4) is 113 Å². The van der Waals surface area contributed by atoms with Gasteiger partial charge in [-0.2, -0.15) is 0 Å². The zero-order valence-corrected chi connectivity index (χ0v) is 36.6. The summed E-state index contributed by atoms with van der Waals surface area (Å²) in [7, 11) is 0. The lowest BCUT2D eigenvalue weighted by molar-refractivity contribution is 1.07. The van der Waals surface area contributed by atoms with Crippen LogP contribution in [0, 0.1) is 6.92 Å². The number of benzene rings is 7. The zero-order valence-electron chi connectivity index (χ0n) is 36.6. The Morgan fingerprint density at radius 2 is 0.701 bits per heavy atom. The van der Waals surface area contributed by atoms with Crippen molar-refractivity contribution in [2.75, 3.05) is 0 Å². The minimum Gasteiger partial charge on any atom is -0.265 e. The average molecular weight is 860 g/mol. The topological polar surface area (TPSA) is 90.2 Å². The standard InChI is InChI=1S/C60H41N7/c1-40-16-13-29-54(62-40)52-31-30-47(38-53(52)50-27-11-12-28-51(50)56-39-55(42-17-5-2-6-18-42)63-57(64-56)43-19-7-3-8-20-43)46-24-15-26-49(37-46)60-66-58(44-21-9-4-10-22-44)65-59(67-60)48-25-14-23-45(36-48)41-32-34-61-35-33-41/h2-39H,1H3. The first-order valence-corrected chi connectivity index (χ1v) is 22.2. The maximum absolute atomic E-state index is 5.26. The summed E-state index contributed by atoms with van der Waals surface area (Å²) in [6, 6.07) is 74.7. The molecule has 4 heterocycles. The average Bonchev–Trinajstić information content (AvgIpc) is 3.41. The highest BCUT2D eigenvalue weighted by atomic mass is 15.0. The second-order valence-corrected chi connectivity index (χ2v) is 16.2. The van der Waals surface area contributed by atoms with Gasteiger partial charge in [-0.25, -0.2) is 24.9 Å². The van der Waals surface area contributed by atoms with Gasteiger partial charge in [0.15, 0.2) is 23.3 Å². The van der Waals surface area contributed by atoms with Gasteiger partial charge in [0.05, 0.1) is 17.1 Å². The number of hydrogen-bond donors (Lipinski definition) is 0. The highest BCUT2D eigenvalue weighted by molar-refractivity contribution is 5.93. The zero-order chi connectivity index (χ0) is 44.9. The van der Waals surface area contributed by atoms with E-state index in [0.29, 0.717) is 23.3 Å². The summed E-state index contributed by atoms with van der Waals surface area (Å²) in [6.45, 7) is 2.03. The lowest BCUT2D eigenvalue weighted by atomic mass is 9.89. The Hall–Kier alpha value is -9.07. The van der Waals surface area contributed by atoms with E-state index in [9.17, 15) is 0 Å². The predicted molar refractivity (Wildman–Crippen MR) is 270 cm³/mol. The molecule has 0 atom stereocenters. The quantitative estimate of drug-likeness (QED) is 0.135. The molecule has 0 spiro atoms. The molecule has 7 nitrogen and oxygen atoms in total. The molecule has 0 radical (unpaired) electrons. The molecular formula is C60H41N7. The van der Waals surface area contributed by atoms with E-state index in [1.54, 1.807) is 12.4 Å². The number of hydrogen-bond acceptors (Lipinski definition) is 7. The van der Waals surface area contributed by atoms with E-state index in [-0.39, 0.29) is 0 Å². The van der Waals surface area contributed by atoms with Crippen LogP contribution in [0.2, 0.25) is 0 Å². The van der Waals surface area contributed by atoms with E-state index in [2.05, 4.69) is 126 Å². The van der Waals surface area contributed by atoms with Crippen LogP contribution in [-0.4, -0.2) is 34.9 Å². The normalized spacial score (nSPS) is 11.1. The molecule has 67 heavy (non-hydrogen) atoms. The van der Waals surface area contributed by atoms with Crippen LogP contribution in [0.4, 0.5) is 0 Å². The lowest BCUT2D eigenvalue weighted by Crippen LogP contribution is -2.00. The highest BCUT2D eigenvalue weighted by Crippen LogP contribution is 2.41.